The normalized spacial score (nSPS) is 16.6. The number of methoxy groups -OCH3 is 1. The molecule has 1 saturated heterocycles. The summed E-state index contributed by atoms with van der Waals surface area (Å²) in [5, 5.41) is 3.01. The van der Waals surface area contributed by atoms with Gasteiger partial charge in [0, 0.05) is 19.1 Å². The summed E-state index contributed by atoms with van der Waals surface area (Å²) >= 11 is 0. The number of nitrogens with zero attached hydrogens (tertiary/aromatic N) is 1. The van der Waals surface area contributed by atoms with Gasteiger partial charge in [-0.3, -0.25) is 4.79 Å². The van der Waals surface area contributed by atoms with Crippen LogP contribution in [0.15, 0.2) is 23.1 Å². The maximum absolute atomic E-state index is 13.0. The van der Waals surface area contributed by atoms with E-state index in [4.69, 9.17) is 9.47 Å². The van der Waals surface area contributed by atoms with Crippen LogP contribution < -0.4 is 10.1 Å². The number of sulfonamides is 1. The van der Waals surface area contributed by atoms with E-state index in [1.54, 1.807) is 18.2 Å². The molecule has 1 aliphatic heterocycles. The number of nitrogens with one attached hydrogen (secondary N) is 1. The van der Waals surface area contributed by atoms with Crippen LogP contribution in [0.25, 0.3) is 0 Å². The van der Waals surface area contributed by atoms with Gasteiger partial charge in [0.25, 0.3) is 0 Å². The van der Waals surface area contributed by atoms with E-state index in [2.05, 4.69) is 19.2 Å². The highest BCUT2D eigenvalue weighted by Gasteiger charge is 2.29. The molecule has 1 fully saturated rings. The third kappa shape index (κ3) is 6.97. The Kier molecular flexibility index (Phi) is 8.92. The average Bonchev–Trinajstić information content (AvgIpc) is 2.68. The molecular formula is C21H34N2O5S. The van der Waals surface area contributed by atoms with Crippen molar-refractivity contribution in [3.8, 4) is 5.75 Å². The summed E-state index contributed by atoms with van der Waals surface area (Å²) in [7, 11) is -2.27. The first-order valence-electron chi connectivity index (χ1n) is 10.3. The van der Waals surface area contributed by atoms with Crippen molar-refractivity contribution >= 4 is 15.9 Å². The second-order valence-electron chi connectivity index (χ2n) is 7.97. The lowest BCUT2D eigenvalue weighted by Crippen LogP contribution is -2.40. The molecule has 1 amide bonds. The predicted molar refractivity (Wildman–Crippen MR) is 113 cm³/mol. The lowest BCUT2D eigenvalue weighted by molar-refractivity contribution is -0.121. The van der Waals surface area contributed by atoms with E-state index in [0.717, 1.165) is 19.3 Å². The number of hydrogen-bond donors (Lipinski definition) is 1. The number of morpholine rings is 1. The van der Waals surface area contributed by atoms with Gasteiger partial charge in [0.15, 0.2) is 0 Å². The maximum atomic E-state index is 13.0. The van der Waals surface area contributed by atoms with E-state index in [9.17, 15) is 13.2 Å². The first kappa shape index (κ1) is 23.6. The molecule has 1 aliphatic rings. The molecule has 0 bridgehead atoms. The van der Waals surface area contributed by atoms with Crippen LogP contribution >= 0.6 is 0 Å². The smallest absolute Gasteiger partial charge is 0.246 e. The van der Waals surface area contributed by atoms with Crippen LogP contribution in [-0.4, -0.2) is 58.1 Å². The molecule has 0 spiro atoms. The van der Waals surface area contributed by atoms with E-state index >= 15 is 0 Å². The van der Waals surface area contributed by atoms with Gasteiger partial charge in [0.1, 0.15) is 10.6 Å². The summed E-state index contributed by atoms with van der Waals surface area (Å²) in [5.74, 6) is 0.827. The second kappa shape index (κ2) is 10.9. The molecule has 1 N–H and O–H groups in total. The molecule has 0 saturated carbocycles. The van der Waals surface area contributed by atoms with Crippen LogP contribution in [0.2, 0.25) is 0 Å². The SMILES string of the molecule is COc1ccc(CC(=O)NC(C)CCCC(C)C)cc1S(=O)(=O)N1CCOCC1. The highest BCUT2D eigenvalue weighted by atomic mass is 32.2. The summed E-state index contributed by atoms with van der Waals surface area (Å²) in [6.45, 7) is 7.75. The molecule has 1 aromatic carbocycles. The van der Waals surface area contributed by atoms with Gasteiger partial charge in [-0.2, -0.15) is 4.31 Å². The van der Waals surface area contributed by atoms with E-state index in [1.165, 1.54) is 11.4 Å². The predicted octanol–water partition coefficient (Wildman–Crippen LogP) is 2.59. The van der Waals surface area contributed by atoms with E-state index in [-0.39, 0.29) is 29.0 Å². The minimum atomic E-state index is -3.71. The molecule has 29 heavy (non-hydrogen) atoms. The van der Waals surface area contributed by atoms with Crippen molar-refractivity contribution in [1.82, 2.24) is 9.62 Å². The van der Waals surface area contributed by atoms with Gasteiger partial charge in [-0.15, -0.1) is 0 Å². The van der Waals surface area contributed by atoms with Gasteiger partial charge in [-0.1, -0.05) is 32.8 Å². The zero-order valence-electron chi connectivity index (χ0n) is 17.9. The average molecular weight is 427 g/mol. The lowest BCUT2D eigenvalue weighted by Gasteiger charge is -2.26. The van der Waals surface area contributed by atoms with Gasteiger partial charge in [0.05, 0.1) is 26.7 Å². The van der Waals surface area contributed by atoms with Crippen molar-refractivity contribution in [2.45, 2.75) is 57.4 Å². The first-order chi connectivity index (χ1) is 13.7. The molecule has 7 nitrogen and oxygen atoms in total. The topological polar surface area (TPSA) is 84.9 Å². The zero-order valence-corrected chi connectivity index (χ0v) is 18.8. The van der Waals surface area contributed by atoms with Gasteiger partial charge in [0.2, 0.25) is 15.9 Å². The highest BCUT2D eigenvalue weighted by molar-refractivity contribution is 7.89. The van der Waals surface area contributed by atoms with Gasteiger partial charge >= 0.3 is 0 Å². The Morgan fingerprint density at radius 2 is 1.90 bits per heavy atom. The van der Waals surface area contributed by atoms with Crippen LogP contribution in [0.5, 0.6) is 5.75 Å². The number of ether oxygens (including phenoxy) is 2. The van der Waals surface area contributed by atoms with Crippen LogP contribution in [0, 0.1) is 5.92 Å². The quantitative estimate of drug-likeness (QED) is 0.622. The third-order valence-electron chi connectivity index (χ3n) is 5.01. The van der Waals surface area contributed by atoms with E-state index in [1.807, 2.05) is 6.92 Å². The molecule has 1 heterocycles. The van der Waals surface area contributed by atoms with Crippen molar-refractivity contribution in [2.24, 2.45) is 5.92 Å². The summed E-state index contributed by atoms with van der Waals surface area (Å²) in [6, 6.07) is 4.99. The Hall–Kier alpha value is -1.64. The summed E-state index contributed by atoms with van der Waals surface area (Å²) in [4.78, 5) is 12.5. The molecule has 164 valence electrons. The summed E-state index contributed by atoms with van der Waals surface area (Å²) in [6.07, 6.45) is 3.28. The fraction of sp³-hybridized carbons (Fsp3) is 0.667. The lowest BCUT2D eigenvalue weighted by atomic mass is 10.0. The number of rotatable bonds is 10. The minimum absolute atomic E-state index is 0.0936. The van der Waals surface area contributed by atoms with E-state index < -0.39 is 10.0 Å². The number of hydrogen-bond acceptors (Lipinski definition) is 5. The van der Waals surface area contributed by atoms with Crippen LogP contribution in [0.4, 0.5) is 0 Å². The molecule has 8 heteroatoms. The number of amides is 1. The Labute approximate surface area is 174 Å². The third-order valence-corrected chi connectivity index (χ3v) is 6.93. The number of benzene rings is 1. The fourth-order valence-electron chi connectivity index (χ4n) is 3.37. The molecule has 0 radical (unpaired) electrons. The minimum Gasteiger partial charge on any atom is -0.495 e. The van der Waals surface area contributed by atoms with Crippen molar-refractivity contribution in [1.29, 1.82) is 0 Å². The van der Waals surface area contributed by atoms with Gasteiger partial charge in [-0.05, 0) is 37.0 Å². The van der Waals surface area contributed by atoms with Crippen molar-refractivity contribution < 1.29 is 22.7 Å². The second-order valence-corrected chi connectivity index (χ2v) is 9.88. The fourth-order valence-corrected chi connectivity index (χ4v) is 4.99. The van der Waals surface area contributed by atoms with Crippen molar-refractivity contribution in [2.75, 3.05) is 33.4 Å². The highest BCUT2D eigenvalue weighted by Crippen LogP contribution is 2.28. The van der Waals surface area contributed by atoms with Gasteiger partial charge in [-0.25, -0.2) is 8.42 Å². The summed E-state index contributed by atoms with van der Waals surface area (Å²) < 4.78 is 38.0. The Morgan fingerprint density at radius 3 is 2.52 bits per heavy atom. The first-order valence-corrected chi connectivity index (χ1v) is 11.7. The molecule has 1 unspecified atom stereocenters. The van der Waals surface area contributed by atoms with Crippen LogP contribution in [-0.2, 0) is 26.0 Å². The van der Waals surface area contributed by atoms with E-state index in [0.29, 0.717) is 37.8 Å². The number of carbonyl (C=O) groups excluding carboxylic acids is 1. The molecule has 0 aromatic heterocycles. The Balaban J connectivity index is 2.06. The monoisotopic (exact) mass is 426 g/mol. The molecule has 0 aliphatic carbocycles. The summed E-state index contributed by atoms with van der Waals surface area (Å²) in [5.41, 5.74) is 0.643. The molecule has 2 rings (SSSR count). The van der Waals surface area contributed by atoms with Gasteiger partial charge < -0.3 is 14.8 Å². The zero-order chi connectivity index (χ0) is 21.4. The standard InChI is InChI=1S/C21H34N2O5S/c1-16(2)6-5-7-17(3)22-21(24)15-18-8-9-19(27-4)20(14-18)29(25,26)23-10-12-28-13-11-23/h8-9,14,16-17H,5-7,10-13,15H2,1-4H3,(H,22,24). The van der Waals surface area contributed by atoms with Crippen molar-refractivity contribution in [3.05, 3.63) is 23.8 Å². The van der Waals surface area contributed by atoms with Crippen LogP contribution in [0.3, 0.4) is 0 Å². The largest absolute Gasteiger partial charge is 0.495 e. The van der Waals surface area contributed by atoms with Crippen LogP contribution in [0.1, 0.15) is 45.6 Å². The Morgan fingerprint density at radius 1 is 1.21 bits per heavy atom. The molecule has 1 atom stereocenters. The van der Waals surface area contributed by atoms with Crippen molar-refractivity contribution in [3.63, 3.8) is 0 Å². The Bertz CT molecular complexity index is 773. The molecule has 1 aromatic rings. The molecular weight excluding hydrogens is 392 g/mol. The maximum Gasteiger partial charge on any atom is 0.246 e. The number of carbonyl (C=O) groups is 1.